The number of carboxylic acids is 1. The van der Waals surface area contributed by atoms with Crippen LogP contribution < -0.4 is 10.1 Å². The maximum absolute atomic E-state index is 13.7. The Balaban J connectivity index is 1.73. The Morgan fingerprint density at radius 1 is 1.06 bits per heavy atom. The number of pyridine rings is 1. The van der Waals surface area contributed by atoms with Crippen LogP contribution in [0.1, 0.15) is 40.7 Å². The van der Waals surface area contributed by atoms with Crippen molar-refractivity contribution < 1.29 is 19.4 Å². The molecule has 4 aromatic rings. The number of amides is 1. The molecule has 1 heterocycles. The average molecular weight is 547 g/mol. The number of fused-ring (bicyclic) bond motifs is 1. The molecule has 1 aromatic heterocycles. The lowest BCUT2D eigenvalue weighted by Gasteiger charge is -2.21. The smallest absolute Gasteiger partial charge is 0.304 e. The maximum atomic E-state index is 13.7. The second-order valence-electron chi connectivity index (χ2n) is 8.46. The van der Waals surface area contributed by atoms with Gasteiger partial charge in [0.1, 0.15) is 5.75 Å². The largest absolute Gasteiger partial charge is 0.494 e. The van der Waals surface area contributed by atoms with Crippen LogP contribution in [0.4, 0.5) is 0 Å². The molecule has 184 valence electrons. The normalized spacial score (nSPS) is 11.8. The van der Waals surface area contributed by atoms with Gasteiger partial charge in [0.2, 0.25) is 0 Å². The van der Waals surface area contributed by atoms with E-state index >= 15 is 0 Å². The number of aliphatic carboxylic acids is 1. The SMILES string of the molecule is CCOc1ccccc1[C@H](CNC(=O)c1c(C)c(-c2ccccc2)nc2ccc(Br)cc12)CC(=O)O. The third kappa shape index (κ3) is 5.57. The zero-order valence-corrected chi connectivity index (χ0v) is 21.7. The highest BCUT2D eigenvalue weighted by Crippen LogP contribution is 2.32. The molecule has 0 spiro atoms. The molecule has 0 radical (unpaired) electrons. The predicted molar refractivity (Wildman–Crippen MR) is 145 cm³/mol. The fraction of sp³-hybridized carbons (Fsp3) is 0.207. The maximum Gasteiger partial charge on any atom is 0.304 e. The number of carbonyl (C=O) groups is 2. The first-order chi connectivity index (χ1) is 17.4. The fourth-order valence-electron chi connectivity index (χ4n) is 4.41. The summed E-state index contributed by atoms with van der Waals surface area (Å²) >= 11 is 3.51. The number of nitrogens with zero attached hydrogens (tertiary/aromatic N) is 1. The number of aromatic nitrogens is 1. The van der Waals surface area contributed by atoms with Gasteiger partial charge in [-0.05, 0) is 49.2 Å². The van der Waals surface area contributed by atoms with Crippen molar-refractivity contribution in [2.45, 2.75) is 26.2 Å². The first kappa shape index (κ1) is 25.4. The summed E-state index contributed by atoms with van der Waals surface area (Å²) in [5.41, 5.74) is 4.39. The van der Waals surface area contributed by atoms with Gasteiger partial charge in [-0.1, -0.05) is 64.5 Å². The number of carbonyl (C=O) groups excluding carboxylic acids is 1. The molecule has 0 saturated heterocycles. The highest BCUT2D eigenvalue weighted by atomic mass is 79.9. The Labute approximate surface area is 218 Å². The molecular weight excluding hydrogens is 520 g/mol. The Hall–Kier alpha value is -3.71. The van der Waals surface area contributed by atoms with Crippen LogP contribution in [0.3, 0.4) is 0 Å². The minimum atomic E-state index is -0.943. The molecule has 2 N–H and O–H groups in total. The molecule has 0 aliphatic carbocycles. The van der Waals surface area contributed by atoms with Crippen LogP contribution in [0.15, 0.2) is 77.3 Å². The number of rotatable bonds is 9. The van der Waals surface area contributed by atoms with Crippen molar-refractivity contribution in [1.29, 1.82) is 0 Å². The van der Waals surface area contributed by atoms with E-state index < -0.39 is 11.9 Å². The molecule has 1 atom stereocenters. The molecule has 36 heavy (non-hydrogen) atoms. The Morgan fingerprint density at radius 3 is 2.50 bits per heavy atom. The first-order valence-electron chi connectivity index (χ1n) is 11.8. The van der Waals surface area contributed by atoms with Gasteiger partial charge in [-0.25, -0.2) is 4.98 Å². The molecule has 0 aliphatic rings. The van der Waals surface area contributed by atoms with Crippen molar-refractivity contribution in [3.05, 3.63) is 94.0 Å². The second kappa shape index (κ2) is 11.4. The average Bonchev–Trinajstić information content (AvgIpc) is 2.87. The minimum Gasteiger partial charge on any atom is -0.494 e. The van der Waals surface area contributed by atoms with Crippen LogP contribution in [0.25, 0.3) is 22.2 Å². The fourth-order valence-corrected chi connectivity index (χ4v) is 4.77. The van der Waals surface area contributed by atoms with Crippen molar-refractivity contribution in [3.63, 3.8) is 0 Å². The molecule has 0 aliphatic heterocycles. The first-order valence-corrected chi connectivity index (χ1v) is 12.5. The summed E-state index contributed by atoms with van der Waals surface area (Å²) in [7, 11) is 0. The van der Waals surface area contributed by atoms with Gasteiger partial charge in [-0.3, -0.25) is 9.59 Å². The number of nitrogens with one attached hydrogen (secondary N) is 1. The van der Waals surface area contributed by atoms with Gasteiger partial charge in [-0.2, -0.15) is 0 Å². The summed E-state index contributed by atoms with van der Waals surface area (Å²) in [5.74, 6) is -1.05. The quantitative estimate of drug-likeness (QED) is 0.255. The van der Waals surface area contributed by atoms with Crippen molar-refractivity contribution in [1.82, 2.24) is 10.3 Å². The van der Waals surface area contributed by atoms with Crippen LogP contribution >= 0.6 is 15.9 Å². The molecule has 0 saturated carbocycles. The van der Waals surface area contributed by atoms with Gasteiger partial charge in [0.25, 0.3) is 5.91 Å². The van der Waals surface area contributed by atoms with E-state index in [9.17, 15) is 14.7 Å². The predicted octanol–water partition coefficient (Wildman–Crippen LogP) is 6.36. The lowest BCUT2D eigenvalue weighted by molar-refractivity contribution is -0.137. The second-order valence-corrected chi connectivity index (χ2v) is 9.38. The van der Waals surface area contributed by atoms with E-state index in [1.807, 2.05) is 86.6 Å². The molecule has 3 aromatic carbocycles. The van der Waals surface area contributed by atoms with Gasteiger partial charge in [0.05, 0.1) is 29.8 Å². The van der Waals surface area contributed by atoms with Gasteiger partial charge in [0.15, 0.2) is 0 Å². The van der Waals surface area contributed by atoms with Crippen molar-refractivity contribution in [2.75, 3.05) is 13.2 Å². The van der Waals surface area contributed by atoms with Crippen LogP contribution in [-0.4, -0.2) is 35.1 Å². The van der Waals surface area contributed by atoms with Crippen LogP contribution in [0.2, 0.25) is 0 Å². The van der Waals surface area contributed by atoms with E-state index in [0.29, 0.717) is 23.4 Å². The molecule has 4 rings (SSSR count). The standard InChI is InChI=1S/C29H27BrN2O4/c1-3-36-25-12-8-7-11-22(25)20(15-26(33)34)17-31-29(35)27-18(2)28(19-9-5-4-6-10-19)32-24-14-13-21(30)16-23(24)27/h4-14,16,20H,3,15,17H2,1-2H3,(H,31,35)(H,33,34)/t20-/m0/s1. The minimum absolute atomic E-state index is 0.138. The molecule has 7 heteroatoms. The highest BCUT2D eigenvalue weighted by Gasteiger charge is 2.23. The summed E-state index contributed by atoms with van der Waals surface area (Å²) < 4.78 is 6.57. The van der Waals surface area contributed by atoms with E-state index in [2.05, 4.69) is 21.2 Å². The van der Waals surface area contributed by atoms with Gasteiger partial charge >= 0.3 is 5.97 Å². The van der Waals surface area contributed by atoms with E-state index in [1.165, 1.54) is 0 Å². The summed E-state index contributed by atoms with van der Waals surface area (Å²) in [4.78, 5) is 30.2. The molecule has 1 amide bonds. The zero-order chi connectivity index (χ0) is 25.7. The summed E-state index contributed by atoms with van der Waals surface area (Å²) in [6.07, 6.45) is -0.138. The van der Waals surface area contributed by atoms with Gasteiger partial charge < -0.3 is 15.2 Å². The third-order valence-corrected chi connectivity index (χ3v) is 6.55. The topological polar surface area (TPSA) is 88.5 Å². The number of benzene rings is 3. The van der Waals surface area contributed by atoms with Crippen LogP contribution in [-0.2, 0) is 4.79 Å². The van der Waals surface area contributed by atoms with Crippen molar-refractivity contribution >= 4 is 38.7 Å². The third-order valence-electron chi connectivity index (χ3n) is 6.05. The lowest BCUT2D eigenvalue weighted by Crippen LogP contribution is -2.30. The number of para-hydroxylation sites is 1. The van der Waals surface area contributed by atoms with Crippen molar-refractivity contribution in [2.24, 2.45) is 0 Å². The number of hydrogen-bond acceptors (Lipinski definition) is 4. The summed E-state index contributed by atoms with van der Waals surface area (Å²) in [6.45, 7) is 4.38. The number of halogens is 1. The Bertz CT molecular complexity index is 1410. The summed E-state index contributed by atoms with van der Waals surface area (Å²) in [5, 5.41) is 13.3. The molecule has 0 fully saturated rings. The molecule has 0 unspecified atom stereocenters. The van der Waals surface area contributed by atoms with Gasteiger partial charge in [-0.15, -0.1) is 0 Å². The van der Waals surface area contributed by atoms with Crippen LogP contribution in [0, 0.1) is 6.92 Å². The van der Waals surface area contributed by atoms with Crippen LogP contribution in [0.5, 0.6) is 5.75 Å². The van der Waals surface area contributed by atoms with E-state index in [-0.39, 0.29) is 18.9 Å². The van der Waals surface area contributed by atoms with E-state index in [0.717, 1.165) is 32.2 Å². The highest BCUT2D eigenvalue weighted by molar-refractivity contribution is 9.10. The van der Waals surface area contributed by atoms with Crippen molar-refractivity contribution in [3.8, 4) is 17.0 Å². The van der Waals surface area contributed by atoms with Gasteiger partial charge in [0, 0.05) is 27.9 Å². The molecule has 0 bridgehead atoms. The molecular formula is C29H27BrN2O4. The van der Waals surface area contributed by atoms with E-state index in [1.54, 1.807) is 0 Å². The zero-order valence-electron chi connectivity index (χ0n) is 20.1. The van der Waals surface area contributed by atoms with E-state index in [4.69, 9.17) is 9.72 Å². The Kier molecular flexibility index (Phi) is 8.00. The Morgan fingerprint density at radius 2 is 1.78 bits per heavy atom. The molecule has 6 nitrogen and oxygen atoms in total. The number of hydrogen-bond donors (Lipinski definition) is 2. The number of carboxylic acid groups (broad SMARTS) is 1. The summed E-state index contributed by atoms with van der Waals surface area (Å²) in [6, 6.07) is 22.8. The lowest BCUT2D eigenvalue weighted by atomic mass is 9.93. The monoisotopic (exact) mass is 546 g/mol. The number of ether oxygens (including phenoxy) is 1.